The largest absolute Gasteiger partial charge is 0.459 e. The third kappa shape index (κ3) is 6.71. The molecule has 2 amide bonds. The van der Waals surface area contributed by atoms with Gasteiger partial charge in [-0.25, -0.2) is 0 Å². The number of hydrogen-bond donors (Lipinski definition) is 2. The van der Waals surface area contributed by atoms with Crippen LogP contribution < -0.4 is 10.6 Å². The molecule has 0 aliphatic carbocycles. The minimum Gasteiger partial charge on any atom is -0.459 e. The number of ether oxygens (including phenoxy) is 1. The Morgan fingerprint density at radius 3 is 2.39 bits per heavy atom. The van der Waals surface area contributed by atoms with E-state index in [9.17, 15) is 19.2 Å². The Bertz CT molecular complexity index is 825. The van der Waals surface area contributed by atoms with Crippen LogP contribution >= 0.6 is 0 Å². The van der Waals surface area contributed by atoms with Gasteiger partial charge in [0.1, 0.15) is 6.54 Å². The quantitative estimate of drug-likeness (QED) is 0.505. The number of ketones is 1. The van der Waals surface area contributed by atoms with Crippen LogP contribution in [-0.2, 0) is 14.3 Å². The van der Waals surface area contributed by atoms with Crippen LogP contribution in [0.2, 0.25) is 0 Å². The average Bonchev–Trinajstić information content (AvgIpc) is 3.19. The molecule has 1 heterocycles. The first kappa shape index (κ1) is 20.9. The van der Waals surface area contributed by atoms with Crippen LogP contribution in [0, 0.1) is 5.92 Å². The van der Waals surface area contributed by atoms with Gasteiger partial charge in [0.25, 0.3) is 5.91 Å². The predicted octanol–water partition coefficient (Wildman–Crippen LogP) is 2.42. The molecular formula is C20H22N2O6. The minimum atomic E-state index is -0.745. The fourth-order valence-corrected chi connectivity index (χ4v) is 2.25. The highest BCUT2D eigenvalue weighted by atomic mass is 16.5. The molecule has 0 bridgehead atoms. The van der Waals surface area contributed by atoms with Gasteiger partial charge >= 0.3 is 5.97 Å². The van der Waals surface area contributed by atoms with E-state index in [4.69, 9.17) is 9.15 Å². The number of carbonyl (C=O) groups excluding carboxylic acids is 4. The smallest absolute Gasteiger partial charge is 0.325 e. The molecular weight excluding hydrogens is 364 g/mol. The van der Waals surface area contributed by atoms with E-state index in [0.717, 1.165) is 0 Å². The maximum absolute atomic E-state index is 12.1. The summed E-state index contributed by atoms with van der Waals surface area (Å²) in [7, 11) is 0. The van der Waals surface area contributed by atoms with Gasteiger partial charge in [-0.2, -0.15) is 0 Å². The number of amides is 2. The second kappa shape index (κ2) is 10.1. The Kier molecular flexibility index (Phi) is 7.50. The summed E-state index contributed by atoms with van der Waals surface area (Å²) in [6, 6.07) is 9.31. The van der Waals surface area contributed by atoms with E-state index in [1.54, 1.807) is 30.3 Å². The van der Waals surface area contributed by atoms with Crippen molar-refractivity contribution in [3.8, 4) is 0 Å². The van der Waals surface area contributed by atoms with Gasteiger partial charge in [0.05, 0.1) is 6.26 Å². The zero-order valence-corrected chi connectivity index (χ0v) is 15.7. The molecule has 0 atom stereocenters. The van der Waals surface area contributed by atoms with Crippen molar-refractivity contribution in [2.75, 3.05) is 18.5 Å². The summed E-state index contributed by atoms with van der Waals surface area (Å²) in [6.07, 6.45) is 1.75. The molecule has 0 saturated carbocycles. The number of anilines is 1. The summed E-state index contributed by atoms with van der Waals surface area (Å²) < 4.78 is 9.75. The van der Waals surface area contributed by atoms with Crippen LogP contribution in [0.5, 0.6) is 0 Å². The zero-order valence-electron chi connectivity index (χ0n) is 15.7. The molecule has 28 heavy (non-hydrogen) atoms. The number of nitrogens with one attached hydrogen (secondary N) is 2. The highest BCUT2D eigenvalue weighted by Gasteiger charge is 2.13. The molecule has 0 fully saturated rings. The van der Waals surface area contributed by atoms with E-state index in [1.165, 1.54) is 12.3 Å². The number of Topliss-reactive ketones (excluding diaryl/α,β-unsaturated/α-hetero) is 1. The molecule has 2 aromatic rings. The first-order valence-corrected chi connectivity index (χ1v) is 8.75. The number of esters is 1. The van der Waals surface area contributed by atoms with Crippen molar-refractivity contribution in [2.24, 2.45) is 5.92 Å². The van der Waals surface area contributed by atoms with Crippen molar-refractivity contribution in [2.45, 2.75) is 20.3 Å². The molecule has 0 spiro atoms. The van der Waals surface area contributed by atoms with Crippen molar-refractivity contribution in [1.82, 2.24) is 5.32 Å². The van der Waals surface area contributed by atoms with Crippen molar-refractivity contribution in [1.29, 1.82) is 0 Å². The monoisotopic (exact) mass is 386 g/mol. The second-order valence-corrected chi connectivity index (χ2v) is 6.47. The van der Waals surface area contributed by atoms with Crippen LogP contribution in [0.4, 0.5) is 5.69 Å². The Balaban J connectivity index is 1.75. The Morgan fingerprint density at radius 1 is 1.07 bits per heavy atom. The van der Waals surface area contributed by atoms with Gasteiger partial charge < -0.3 is 19.8 Å². The lowest BCUT2D eigenvalue weighted by molar-refractivity contribution is -0.141. The van der Waals surface area contributed by atoms with Crippen molar-refractivity contribution >= 4 is 29.3 Å². The van der Waals surface area contributed by atoms with E-state index in [2.05, 4.69) is 10.6 Å². The fourth-order valence-electron chi connectivity index (χ4n) is 2.25. The van der Waals surface area contributed by atoms with E-state index >= 15 is 0 Å². The molecule has 1 aromatic heterocycles. The molecule has 2 rings (SSSR count). The molecule has 8 nitrogen and oxygen atoms in total. The standard InChI is InChI=1S/C20H22N2O6/c1-13(2)10-18(24)22-15-7-5-14(6-8-15)16(23)12-28-19(25)11-21-20(26)17-4-3-9-27-17/h3-9,13H,10-12H2,1-2H3,(H,21,26)(H,22,24). The van der Waals surface area contributed by atoms with Crippen LogP contribution in [0.3, 0.4) is 0 Å². The third-order valence-corrected chi connectivity index (χ3v) is 3.59. The van der Waals surface area contributed by atoms with Gasteiger partial charge in [0.2, 0.25) is 5.91 Å². The molecule has 0 unspecified atom stereocenters. The highest BCUT2D eigenvalue weighted by Crippen LogP contribution is 2.12. The minimum absolute atomic E-state index is 0.0736. The number of carbonyl (C=O) groups is 4. The summed E-state index contributed by atoms with van der Waals surface area (Å²) in [6.45, 7) is 3.07. The molecule has 0 radical (unpaired) electrons. The van der Waals surface area contributed by atoms with E-state index in [1.807, 2.05) is 13.8 Å². The number of rotatable bonds is 9. The maximum Gasteiger partial charge on any atom is 0.325 e. The number of furan rings is 1. The molecule has 1 aromatic carbocycles. The van der Waals surface area contributed by atoms with Gasteiger partial charge in [-0.15, -0.1) is 0 Å². The first-order chi connectivity index (χ1) is 13.3. The molecule has 0 saturated heterocycles. The normalized spacial score (nSPS) is 10.4. The van der Waals surface area contributed by atoms with E-state index in [-0.39, 0.29) is 24.1 Å². The van der Waals surface area contributed by atoms with Gasteiger partial charge in [0.15, 0.2) is 18.2 Å². The van der Waals surface area contributed by atoms with Gasteiger partial charge in [0, 0.05) is 17.7 Å². The average molecular weight is 386 g/mol. The predicted molar refractivity (Wildman–Crippen MR) is 101 cm³/mol. The molecule has 0 aliphatic heterocycles. The fraction of sp³-hybridized carbons (Fsp3) is 0.300. The summed E-state index contributed by atoms with van der Waals surface area (Å²) >= 11 is 0. The number of benzene rings is 1. The summed E-state index contributed by atoms with van der Waals surface area (Å²) in [5.74, 6) is -1.47. The topological polar surface area (TPSA) is 115 Å². The van der Waals surface area contributed by atoms with Gasteiger partial charge in [-0.1, -0.05) is 13.8 Å². The SMILES string of the molecule is CC(C)CC(=O)Nc1ccc(C(=O)COC(=O)CNC(=O)c2ccco2)cc1. The Hall–Kier alpha value is -3.42. The zero-order chi connectivity index (χ0) is 20.5. The van der Waals surface area contributed by atoms with Gasteiger partial charge in [-0.3, -0.25) is 19.2 Å². The first-order valence-electron chi connectivity index (χ1n) is 8.75. The van der Waals surface area contributed by atoms with Crippen LogP contribution in [-0.4, -0.2) is 36.7 Å². The Morgan fingerprint density at radius 2 is 1.79 bits per heavy atom. The molecule has 2 N–H and O–H groups in total. The maximum atomic E-state index is 12.1. The lowest BCUT2D eigenvalue weighted by Gasteiger charge is -2.08. The van der Waals surface area contributed by atoms with Crippen molar-refractivity contribution in [3.63, 3.8) is 0 Å². The molecule has 0 aliphatic rings. The lowest BCUT2D eigenvalue weighted by atomic mass is 10.1. The van der Waals surface area contributed by atoms with Crippen LogP contribution in [0.1, 0.15) is 41.2 Å². The van der Waals surface area contributed by atoms with Crippen molar-refractivity contribution < 1.29 is 28.3 Å². The summed E-state index contributed by atoms with van der Waals surface area (Å²) in [5, 5.41) is 5.07. The van der Waals surface area contributed by atoms with Crippen LogP contribution in [0.15, 0.2) is 47.1 Å². The third-order valence-electron chi connectivity index (χ3n) is 3.59. The van der Waals surface area contributed by atoms with E-state index in [0.29, 0.717) is 17.7 Å². The molecule has 8 heteroatoms. The van der Waals surface area contributed by atoms with E-state index < -0.39 is 24.3 Å². The van der Waals surface area contributed by atoms with Crippen LogP contribution in [0.25, 0.3) is 0 Å². The van der Waals surface area contributed by atoms with Gasteiger partial charge in [-0.05, 0) is 42.3 Å². The Labute approximate surface area is 162 Å². The number of hydrogen-bond acceptors (Lipinski definition) is 6. The lowest BCUT2D eigenvalue weighted by Crippen LogP contribution is -2.31. The summed E-state index contributed by atoms with van der Waals surface area (Å²) in [5.41, 5.74) is 0.925. The summed E-state index contributed by atoms with van der Waals surface area (Å²) in [4.78, 5) is 47.1. The van der Waals surface area contributed by atoms with Crippen molar-refractivity contribution in [3.05, 3.63) is 54.0 Å². The highest BCUT2D eigenvalue weighted by molar-refractivity contribution is 5.99. The second-order valence-electron chi connectivity index (χ2n) is 6.47. The molecule has 148 valence electrons.